The maximum atomic E-state index is 8.24. The minimum absolute atomic E-state index is 0. The number of isocyanates is 2. The van der Waals surface area contributed by atoms with Gasteiger partial charge in [-0.15, -0.1) is 12.4 Å². The van der Waals surface area contributed by atoms with Crippen LogP contribution in [0.3, 0.4) is 0 Å². The van der Waals surface area contributed by atoms with Crippen molar-refractivity contribution in [1.82, 2.24) is 0 Å². The second-order valence-electron chi connectivity index (χ2n) is 0.183. The standard InChI is InChI=1S/2CNO.3CH4.ClH/c2*2-1-3;;;;/h;;3*1H4;1H/q2*-1;;;;. The van der Waals surface area contributed by atoms with Crippen LogP contribution in [-0.2, 0) is 9.59 Å². The van der Waals surface area contributed by atoms with Gasteiger partial charge in [-0.05, 0) is 12.2 Å². The molecule has 5 heteroatoms. The van der Waals surface area contributed by atoms with Crippen molar-refractivity contribution in [3.8, 4) is 0 Å². The molecule has 0 saturated carbocycles. The second-order valence-corrected chi connectivity index (χ2v) is 0.183. The molecule has 0 aliphatic rings. The van der Waals surface area contributed by atoms with E-state index >= 15 is 0 Å². The van der Waals surface area contributed by atoms with Crippen molar-refractivity contribution in [2.45, 2.75) is 22.3 Å². The molecule has 0 aliphatic carbocycles. The van der Waals surface area contributed by atoms with Crippen LogP contribution in [0, 0.1) is 0 Å². The zero-order valence-electron chi connectivity index (χ0n) is 3.12. The number of hydrogen-bond acceptors (Lipinski definition) is 2. The van der Waals surface area contributed by atoms with Gasteiger partial charge in [-0.1, -0.05) is 22.3 Å². The molecule has 0 aliphatic heterocycles. The summed E-state index contributed by atoms with van der Waals surface area (Å²) >= 11 is 0. The van der Waals surface area contributed by atoms with Crippen molar-refractivity contribution in [2.75, 3.05) is 0 Å². The quantitative estimate of drug-likeness (QED) is 0.410. The maximum Gasteiger partial charge on any atom is -0.0159 e. The third-order valence-electron chi connectivity index (χ3n) is 0. The van der Waals surface area contributed by atoms with Gasteiger partial charge in [0.1, 0.15) is 0 Å². The van der Waals surface area contributed by atoms with E-state index in [2.05, 4.69) is 0 Å². The number of hydrogen-bond donors (Lipinski definition) is 0. The molecule has 0 saturated heterocycles. The summed E-state index contributed by atoms with van der Waals surface area (Å²) < 4.78 is 0. The number of rotatable bonds is 0. The molecular weight excluding hydrogens is 156 g/mol. The van der Waals surface area contributed by atoms with E-state index in [1.54, 1.807) is 0 Å². The van der Waals surface area contributed by atoms with Crippen LogP contribution in [-0.4, -0.2) is 12.2 Å². The van der Waals surface area contributed by atoms with Gasteiger partial charge >= 0.3 is 0 Å². The molecular formula is C5H13ClN2O2-2. The topological polar surface area (TPSA) is 78.7 Å². The number of nitrogens with zero attached hydrogens (tertiary/aromatic N) is 2. The summed E-state index contributed by atoms with van der Waals surface area (Å²) in [4.78, 5) is 16.5. The Balaban J connectivity index is -0.00000000571. The lowest BCUT2D eigenvalue weighted by atomic mass is 11.7. The van der Waals surface area contributed by atoms with Crippen LogP contribution in [0.1, 0.15) is 22.3 Å². The first-order valence-corrected chi connectivity index (χ1v) is 0.855. The predicted molar refractivity (Wildman–Crippen MR) is 45.5 cm³/mol. The highest BCUT2D eigenvalue weighted by molar-refractivity contribution is 5.85. The van der Waals surface area contributed by atoms with Gasteiger partial charge in [-0.3, -0.25) is 9.59 Å². The molecule has 0 aromatic rings. The molecule has 0 bridgehead atoms. The molecule has 64 valence electrons. The Hall–Kier alpha value is -0.950. The number of carbonyl (C=O) groups excluding carboxylic acids is 2. The Bertz CT molecular complexity index is 71.6. The first-order chi connectivity index (χ1) is 2.83. The van der Waals surface area contributed by atoms with E-state index in [0.29, 0.717) is 12.2 Å². The van der Waals surface area contributed by atoms with Crippen molar-refractivity contribution in [3.63, 3.8) is 0 Å². The summed E-state index contributed by atoms with van der Waals surface area (Å²) in [5.41, 5.74) is 0. The first-order valence-electron chi connectivity index (χ1n) is 0.855. The first kappa shape index (κ1) is 63.0. The molecule has 0 aromatic heterocycles. The molecule has 0 N–H and O–H groups in total. The lowest BCUT2D eigenvalue weighted by Crippen LogP contribution is -1.13. The van der Waals surface area contributed by atoms with Crippen molar-refractivity contribution in [3.05, 3.63) is 10.8 Å². The fraction of sp³-hybridized carbons (Fsp3) is 0.600. The molecule has 0 amide bonds. The van der Waals surface area contributed by atoms with E-state index in [9.17, 15) is 0 Å². The van der Waals surface area contributed by atoms with Crippen molar-refractivity contribution in [1.29, 1.82) is 0 Å². The second kappa shape index (κ2) is 363. The largest absolute Gasteiger partial charge is 0.724 e. The highest BCUT2D eigenvalue weighted by atomic mass is 35.5. The van der Waals surface area contributed by atoms with Crippen molar-refractivity contribution in [2.24, 2.45) is 0 Å². The van der Waals surface area contributed by atoms with E-state index in [4.69, 9.17) is 20.4 Å². The zero-order chi connectivity index (χ0) is 5.41. The molecule has 0 radical (unpaired) electrons. The van der Waals surface area contributed by atoms with E-state index in [0.717, 1.165) is 0 Å². The van der Waals surface area contributed by atoms with Gasteiger partial charge in [-0.2, -0.15) is 0 Å². The Morgan fingerprint density at radius 3 is 0.800 bits per heavy atom. The summed E-state index contributed by atoms with van der Waals surface area (Å²) in [6.45, 7) is 0. The third kappa shape index (κ3) is 286. The number of halogens is 1. The lowest BCUT2D eigenvalue weighted by Gasteiger charge is -1.32. The lowest BCUT2D eigenvalue weighted by molar-refractivity contribution is 0.568. The fourth-order valence-corrected chi connectivity index (χ4v) is 0. The Morgan fingerprint density at radius 1 is 0.800 bits per heavy atom. The van der Waals surface area contributed by atoms with E-state index in [1.807, 2.05) is 0 Å². The van der Waals surface area contributed by atoms with E-state index in [1.165, 1.54) is 0 Å². The van der Waals surface area contributed by atoms with Gasteiger partial charge in [-0.25, -0.2) is 0 Å². The summed E-state index contributed by atoms with van der Waals surface area (Å²) in [5.74, 6) is 0. The Kier molecular flexibility index (Phi) is 2290. The molecule has 0 rings (SSSR count). The zero-order valence-corrected chi connectivity index (χ0v) is 3.94. The maximum absolute atomic E-state index is 8.24. The summed E-state index contributed by atoms with van der Waals surface area (Å²) in [6.07, 6.45) is 1.00. The van der Waals surface area contributed by atoms with Gasteiger partial charge in [0.05, 0.1) is 0 Å². The highest BCUT2D eigenvalue weighted by Crippen LogP contribution is 0.952. The summed E-state index contributed by atoms with van der Waals surface area (Å²) in [7, 11) is 0. The van der Waals surface area contributed by atoms with Gasteiger partial charge < -0.3 is 10.8 Å². The minimum atomic E-state index is 0. The van der Waals surface area contributed by atoms with Gasteiger partial charge in [0.2, 0.25) is 0 Å². The Labute approximate surface area is 68.1 Å². The highest BCUT2D eigenvalue weighted by Gasteiger charge is 0.793. The average Bonchev–Trinajstić information content (AvgIpc) is 1.39. The van der Waals surface area contributed by atoms with Gasteiger partial charge in [0.25, 0.3) is 0 Å². The fourth-order valence-electron chi connectivity index (χ4n) is 0. The van der Waals surface area contributed by atoms with Crippen LogP contribution in [0.5, 0.6) is 0 Å². The smallest absolute Gasteiger partial charge is 0.0159 e. The van der Waals surface area contributed by atoms with Crippen LogP contribution in [0.15, 0.2) is 0 Å². The molecule has 0 heterocycles. The molecule has 10 heavy (non-hydrogen) atoms. The molecule has 0 aromatic carbocycles. The van der Waals surface area contributed by atoms with Crippen molar-refractivity contribution >= 4 is 24.6 Å². The Morgan fingerprint density at radius 2 is 0.800 bits per heavy atom. The predicted octanol–water partition coefficient (Wildman–Crippen LogP) is 2.11. The average molecular weight is 169 g/mol. The molecule has 4 nitrogen and oxygen atoms in total. The van der Waals surface area contributed by atoms with Crippen LogP contribution in [0.2, 0.25) is 0 Å². The SMILES string of the molecule is C.C.C.Cl.[N-]=C=O.[N-]=C=O. The molecule has 0 unspecified atom stereocenters. The van der Waals surface area contributed by atoms with E-state index < -0.39 is 0 Å². The molecule has 0 atom stereocenters. The molecule has 0 fully saturated rings. The third-order valence-corrected chi connectivity index (χ3v) is 0. The van der Waals surface area contributed by atoms with Crippen LogP contribution in [0.25, 0.3) is 10.8 Å². The molecule has 0 spiro atoms. The van der Waals surface area contributed by atoms with Crippen LogP contribution < -0.4 is 0 Å². The summed E-state index contributed by atoms with van der Waals surface area (Å²) in [5, 5.41) is 13.5. The van der Waals surface area contributed by atoms with Gasteiger partial charge in [0.15, 0.2) is 0 Å². The van der Waals surface area contributed by atoms with Crippen molar-refractivity contribution < 1.29 is 9.59 Å². The summed E-state index contributed by atoms with van der Waals surface area (Å²) in [6, 6.07) is 0. The van der Waals surface area contributed by atoms with Gasteiger partial charge in [0, 0.05) is 0 Å². The monoisotopic (exact) mass is 168 g/mol. The normalized spacial score (nSPS) is 1.60. The van der Waals surface area contributed by atoms with E-state index in [-0.39, 0.29) is 34.7 Å². The van der Waals surface area contributed by atoms with Crippen LogP contribution >= 0.6 is 12.4 Å². The minimum Gasteiger partial charge on any atom is -0.724 e. The van der Waals surface area contributed by atoms with Crippen LogP contribution in [0.4, 0.5) is 0 Å².